The van der Waals surface area contributed by atoms with E-state index in [1.807, 2.05) is 49.6 Å². The summed E-state index contributed by atoms with van der Waals surface area (Å²) < 4.78 is 30.2. The van der Waals surface area contributed by atoms with Crippen LogP contribution in [0, 0.1) is 6.92 Å². The first kappa shape index (κ1) is 45.3. The molecule has 314 valence electrons. The summed E-state index contributed by atoms with van der Waals surface area (Å²) in [5.41, 5.74) is 5.05. The molecule has 1 saturated heterocycles. The van der Waals surface area contributed by atoms with Gasteiger partial charge in [-0.15, -0.1) is 5.06 Å². The molecule has 1 aromatic carbocycles. The maximum atomic E-state index is 12.4. The largest absolute Gasteiger partial charge is 0.691 e. The van der Waals surface area contributed by atoms with Gasteiger partial charge in [0.25, 0.3) is 11.8 Å². The van der Waals surface area contributed by atoms with Gasteiger partial charge in [0.1, 0.15) is 12.7 Å². The number of allylic oxidation sites excluding steroid dienone is 6. The second-order valence-corrected chi connectivity index (χ2v) is 16.1. The van der Waals surface area contributed by atoms with Crippen molar-refractivity contribution in [2.75, 3.05) is 65.8 Å². The number of methoxy groups -OCH3 is 3. The number of amides is 2. The standard InChI is InChI=1S/C41H51BrN4O11S/c1-28-24-30(58-57-56-50)26-31-38(28)45(18-23-54-19-14-37(49)55-46-35(47)12-13-36(46)48)34(41(31,3)16-21-52-5)11-9-7-8-10-33-40(2,15-20-51-4)32-25-29(42)27-44(17-22-53-6)39(32)43-33/h7-11,24-27H,12-23H2,1-6H3. The Kier molecular flexibility index (Phi) is 16.4. The number of hydrogen-bond donors (Lipinski definition) is 0. The first-order chi connectivity index (χ1) is 27.9. The first-order valence-corrected chi connectivity index (χ1v) is 20.5. The number of anilines is 1. The van der Waals surface area contributed by atoms with Crippen LogP contribution in [0.3, 0.4) is 0 Å². The Hall–Kier alpha value is -3.78. The lowest BCUT2D eigenvalue weighted by atomic mass is 9.77. The molecule has 58 heavy (non-hydrogen) atoms. The molecule has 3 aliphatic rings. The van der Waals surface area contributed by atoms with E-state index >= 15 is 0 Å². The summed E-state index contributed by atoms with van der Waals surface area (Å²) in [6, 6.07) is 6.04. The number of rotatable bonds is 22. The number of ether oxygens (including phenoxy) is 4. The van der Waals surface area contributed by atoms with Crippen LogP contribution < -0.4 is 14.7 Å². The van der Waals surface area contributed by atoms with Gasteiger partial charge in [0.05, 0.1) is 53.7 Å². The summed E-state index contributed by atoms with van der Waals surface area (Å²) in [6.07, 6.45) is 13.4. The average Bonchev–Trinajstić information content (AvgIpc) is 3.76. The highest BCUT2D eigenvalue weighted by Gasteiger charge is 2.46. The molecule has 2 aromatic rings. The van der Waals surface area contributed by atoms with Gasteiger partial charge in [-0.05, 0) is 96.0 Å². The van der Waals surface area contributed by atoms with Crippen molar-refractivity contribution >= 4 is 63.0 Å². The van der Waals surface area contributed by atoms with E-state index in [0.29, 0.717) is 49.3 Å². The molecule has 2 amide bonds. The number of carbonyl (C=O) groups excluding carboxylic acids is 3. The molecule has 3 aliphatic heterocycles. The Morgan fingerprint density at radius 2 is 1.66 bits per heavy atom. The second-order valence-electron chi connectivity index (χ2n) is 14.4. The molecule has 0 radical (unpaired) electrons. The normalized spacial score (nSPS) is 21.0. The lowest BCUT2D eigenvalue weighted by Crippen LogP contribution is -2.37. The Morgan fingerprint density at radius 1 is 0.948 bits per heavy atom. The summed E-state index contributed by atoms with van der Waals surface area (Å²) >= 11 is 4.53. The van der Waals surface area contributed by atoms with E-state index < -0.39 is 23.2 Å². The van der Waals surface area contributed by atoms with Gasteiger partial charge >= 0.3 is 11.8 Å². The lowest BCUT2D eigenvalue weighted by Gasteiger charge is -2.30. The molecule has 0 bridgehead atoms. The Bertz CT molecular complexity index is 1940. The van der Waals surface area contributed by atoms with E-state index in [1.165, 1.54) is 0 Å². The van der Waals surface area contributed by atoms with Crippen LogP contribution in [0.25, 0.3) is 0 Å². The summed E-state index contributed by atoms with van der Waals surface area (Å²) in [5.74, 6) is -0.895. The van der Waals surface area contributed by atoms with Crippen molar-refractivity contribution in [3.63, 3.8) is 0 Å². The number of hydrogen-bond acceptors (Lipinski definition) is 14. The minimum atomic E-state index is -0.726. The van der Waals surface area contributed by atoms with Crippen LogP contribution in [0.5, 0.6) is 0 Å². The summed E-state index contributed by atoms with van der Waals surface area (Å²) in [7, 11) is 5.05. The summed E-state index contributed by atoms with van der Waals surface area (Å²) in [5, 5.41) is 14.9. The van der Waals surface area contributed by atoms with Gasteiger partial charge in [-0.1, -0.05) is 18.2 Å². The quantitative estimate of drug-likeness (QED) is 0.0292. The molecule has 0 N–H and O–H groups in total. The number of pyridine rings is 1. The number of benzene rings is 1. The van der Waals surface area contributed by atoms with Crippen molar-refractivity contribution in [1.29, 1.82) is 0 Å². The number of nitrogens with zero attached hydrogens (tertiary/aromatic N) is 4. The molecule has 15 nitrogen and oxygen atoms in total. The highest BCUT2D eigenvalue weighted by molar-refractivity contribution is 9.10. The van der Waals surface area contributed by atoms with Gasteiger partial charge < -0.3 is 33.9 Å². The van der Waals surface area contributed by atoms with E-state index in [0.717, 1.165) is 62.5 Å². The van der Waals surface area contributed by atoms with Crippen LogP contribution >= 0.6 is 28.0 Å². The van der Waals surface area contributed by atoms with E-state index in [1.54, 1.807) is 21.3 Å². The number of halogens is 1. The maximum absolute atomic E-state index is 12.4. The molecular weight excluding hydrogens is 836 g/mol. The zero-order valence-corrected chi connectivity index (χ0v) is 36.1. The second kappa shape index (κ2) is 21.0. The summed E-state index contributed by atoms with van der Waals surface area (Å²) in [6.45, 7) is 9.30. The van der Waals surface area contributed by atoms with Crippen LogP contribution in [0.4, 0.5) is 11.5 Å². The molecule has 17 heteroatoms. The molecular formula is C41H51BrN4O11S. The van der Waals surface area contributed by atoms with Crippen molar-refractivity contribution in [3.8, 4) is 0 Å². The smallest absolute Gasteiger partial charge is 0.335 e. The van der Waals surface area contributed by atoms with Crippen LogP contribution in [0.1, 0.15) is 62.6 Å². The highest BCUT2D eigenvalue weighted by atomic mass is 79.9. The molecule has 0 aliphatic carbocycles. The molecule has 1 fully saturated rings. The van der Waals surface area contributed by atoms with Crippen molar-refractivity contribution in [2.45, 2.75) is 75.1 Å². The van der Waals surface area contributed by atoms with Crippen molar-refractivity contribution in [1.82, 2.24) is 5.06 Å². The van der Waals surface area contributed by atoms with Crippen molar-refractivity contribution in [2.24, 2.45) is 4.99 Å². The van der Waals surface area contributed by atoms with Crippen molar-refractivity contribution in [3.05, 3.63) is 81.6 Å². The number of fused-ring (bicyclic) bond motifs is 2. The number of aryl methyl sites for hydroxylation is 1. The Morgan fingerprint density at radius 3 is 2.34 bits per heavy atom. The van der Waals surface area contributed by atoms with Gasteiger partial charge in [0.2, 0.25) is 0 Å². The topological polar surface area (TPSA) is 162 Å². The molecule has 0 spiro atoms. The maximum Gasteiger partial charge on any atom is 0.335 e. The zero-order chi connectivity index (χ0) is 41.9. The lowest BCUT2D eigenvalue weighted by molar-refractivity contribution is -0.777. The number of aromatic nitrogens is 1. The third-order valence-corrected chi connectivity index (χ3v) is 11.6. The summed E-state index contributed by atoms with van der Waals surface area (Å²) in [4.78, 5) is 49.1. The van der Waals surface area contributed by atoms with E-state index in [4.69, 9.17) is 28.8 Å². The SMILES string of the molecule is COCC[n+]1cc(Br)cc2c1N=C(/C=C/C=C/C=C1/N(CCOCCC(=O)ON3C(=O)CCC3=O)c3c(C)cc(SOO[O-])cc3C1(C)CCOC)C2(C)CCOC. The number of aliphatic imine (C=N–C) groups is 1. The monoisotopic (exact) mass is 886 g/mol. The van der Waals surface area contributed by atoms with Crippen LogP contribution in [-0.4, -0.2) is 89.5 Å². The van der Waals surface area contributed by atoms with Crippen molar-refractivity contribution < 1.29 is 57.4 Å². The zero-order valence-electron chi connectivity index (χ0n) is 33.7. The van der Waals surface area contributed by atoms with E-state index in [9.17, 15) is 19.6 Å². The van der Waals surface area contributed by atoms with Crippen LogP contribution in [0.15, 0.2) is 74.8 Å². The number of imide groups is 1. The predicted octanol–water partition coefficient (Wildman–Crippen LogP) is 5.13. The third kappa shape index (κ3) is 10.3. The highest BCUT2D eigenvalue weighted by Crippen LogP contribution is 2.52. The fourth-order valence-corrected chi connectivity index (χ4v) is 8.47. The van der Waals surface area contributed by atoms with E-state index in [-0.39, 0.29) is 37.9 Å². The third-order valence-electron chi connectivity index (χ3n) is 10.6. The van der Waals surface area contributed by atoms with Gasteiger partial charge in [-0.3, -0.25) is 14.6 Å². The average molecular weight is 888 g/mol. The van der Waals surface area contributed by atoms with Gasteiger partial charge in [0.15, 0.2) is 5.71 Å². The van der Waals surface area contributed by atoms with Crippen LogP contribution in [0.2, 0.25) is 0 Å². The minimum absolute atomic E-state index is 0.0238. The predicted molar refractivity (Wildman–Crippen MR) is 217 cm³/mol. The van der Waals surface area contributed by atoms with Crippen LogP contribution in [-0.2, 0) is 64.9 Å². The number of carbonyl (C=O) groups is 3. The van der Waals surface area contributed by atoms with Gasteiger partial charge in [-0.25, -0.2) is 9.36 Å². The molecule has 5 rings (SSSR count). The fraction of sp³-hybridized carbons (Fsp3) is 0.488. The van der Waals surface area contributed by atoms with E-state index in [2.05, 4.69) is 60.8 Å². The number of hydroxylamine groups is 2. The molecule has 1 aromatic heterocycles. The molecule has 2 atom stereocenters. The molecule has 2 unspecified atom stereocenters. The Balaban J connectivity index is 1.40. The van der Waals surface area contributed by atoms with Gasteiger partial charge in [-0.2, -0.15) is 4.33 Å². The fourth-order valence-electron chi connectivity index (χ4n) is 7.49. The first-order valence-electron chi connectivity index (χ1n) is 19.0. The van der Waals surface area contributed by atoms with Gasteiger partial charge in [0, 0.05) is 75.6 Å². The minimum Gasteiger partial charge on any atom is -0.691 e. The molecule has 4 heterocycles. The molecule has 0 saturated carbocycles. The Labute approximate surface area is 351 Å².